The van der Waals surface area contributed by atoms with Crippen LogP contribution in [0.3, 0.4) is 0 Å². The van der Waals surface area contributed by atoms with Gasteiger partial charge in [0, 0.05) is 19.1 Å². The summed E-state index contributed by atoms with van der Waals surface area (Å²) in [7, 11) is 1.77. The average molecular weight is 205 g/mol. The third-order valence-corrected chi connectivity index (χ3v) is 3.56. The molecule has 0 aliphatic heterocycles. The zero-order valence-electron chi connectivity index (χ0n) is 8.60. The minimum atomic E-state index is 0.430. The predicted octanol–water partition coefficient (Wildman–Crippen LogP) is 3.60. The lowest BCUT2D eigenvalue weighted by atomic mass is 9.95. The standard InChI is InChI=1S/C11H21ClO/c1-13-9-5-7-10-6-3-2-4-8-11(10)12/h10-11H,2-9H2,1H3. The molecule has 0 aromatic heterocycles. The van der Waals surface area contributed by atoms with Crippen molar-refractivity contribution < 1.29 is 4.74 Å². The van der Waals surface area contributed by atoms with Crippen LogP contribution in [0.2, 0.25) is 0 Å². The largest absolute Gasteiger partial charge is 0.385 e. The molecule has 0 amide bonds. The van der Waals surface area contributed by atoms with Gasteiger partial charge in [-0.2, -0.15) is 0 Å². The van der Waals surface area contributed by atoms with Crippen LogP contribution in [0, 0.1) is 5.92 Å². The number of hydrogen-bond donors (Lipinski definition) is 0. The fourth-order valence-corrected chi connectivity index (χ4v) is 2.56. The van der Waals surface area contributed by atoms with Crippen molar-refractivity contribution in [2.45, 2.75) is 50.3 Å². The molecule has 2 heteroatoms. The van der Waals surface area contributed by atoms with E-state index in [0.29, 0.717) is 5.38 Å². The van der Waals surface area contributed by atoms with Gasteiger partial charge in [-0.05, 0) is 31.6 Å². The third kappa shape index (κ3) is 4.33. The molecule has 13 heavy (non-hydrogen) atoms. The van der Waals surface area contributed by atoms with Crippen molar-refractivity contribution in [2.75, 3.05) is 13.7 Å². The Morgan fingerprint density at radius 1 is 1.23 bits per heavy atom. The predicted molar refractivity (Wildman–Crippen MR) is 57.3 cm³/mol. The number of alkyl halides is 1. The molecule has 0 heterocycles. The highest BCUT2D eigenvalue weighted by Gasteiger charge is 2.20. The molecule has 2 atom stereocenters. The summed E-state index contributed by atoms with van der Waals surface area (Å²) in [6.45, 7) is 0.889. The first kappa shape index (κ1) is 11.3. The molecule has 0 N–H and O–H groups in total. The first-order valence-corrected chi connectivity index (χ1v) is 5.91. The molecule has 0 spiro atoms. The smallest absolute Gasteiger partial charge is 0.0462 e. The summed E-state index contributed by atoms with van der Waals surface area (Å²) in [5, 5.41) is 0.430. The highest BCUT2D eigenvalue weighted by molar-refractivity contribution is 6.20. The summed E-state index contributed by atoms with van der Waals surface area (Å²) >= 11 is 6.33. The quantitative estimate of drug-likeness (QED) is 0.386. The average Bonchev–Trinajstić information content (AvgIpc) is 2.32. The summed E-state index contributed by atoms with van der Waals surface area (Å²) in [4.78, 5) is 0. The lowest BCUT2D eigenvalue weighted by molar-refractivity contribution is 0.185. The zero-order valence-corrected chi connectivity index (χ0v) is 9.35. The first-order chi connectivity index (χ1) is 6.34. The van der Waals surface area contributed by atoms with Crippen LogP contribution < -0.4 is 0 Å². The molecular formula is C11H21ClO. The van der Waals surface area contributed by atoms with Crippen molar-refractivity contribution in [3.05, 3.63) is 0 Å². The van der Waals surface area contributed by atoms with Crippen LogP contribution in [-0.4, -0.2) is 19.1 Å². The van der Waals surface area contributed by atoms with Crippen LogP contribution in [0.15, 0.2) is 0 Å². The summed E-state index contributed by atoms with van der Waals surface area (Å²) in [5.41, 5.74) is 0. The second-order valence-electron chi connectivity index (χ2n) is 4.05. The first-order valence-electron chi connectivity index (χ1n) is 5.47. The Bertz CT molecular complexity index is 127. The fraction of sp³-hybridized carbons (Fsp3) is 1.00. The zero-order chi connectivity index (χ0) is 9.52. The Morgan fingerprint density at radius 2 is 2.00 bits per heavy atom. The van der Waals surface area contributed by atoms with E-state index in [-0.39, 0.29) is 0 Å². The van der Waals surface area contributed by atoms with Crippen molar-refractivity contribution in [1.29, 1.82) is 0 Å². The number of rotatable bonds is 4. The molecule has 1 fully saturated rings. The van der Waals surface area contributed by atoms with Gasteiger partial charge in [0.1, 0.15) is 0 Å². The van der Waals surface area contributed by atoms with E-state index in [1.54, 1.807) is 7.11 Å². The van der Waals surface area contributed by atoms with Crippen LogP contribution in [0.1, 0.15) is 44.9 Å². The number of methoxy groups -OCH3 is 1. The van der Waals surface area contributed by atoms with E-state index >= 15 is 0 Å². The maximum atomic E-state index is 6.33. The van der Waals surface area contributed by atoms with E-state index in [2.05, 4.69) is 0 Å². The Balaban J connectivity index is 2.19. The highest BCUT2D eigenvalue weighted by atomic mass is 35.5. The third-order valence-electron chi connectivity index (χ3n) is 2.99. The number of hydrogen-bond acceptors (Lipinski definition) is 1. The topological polar surface area (TPSA) is 9.23 Å². The van der Waals surface area contributed by atoms with Gasteiger partial charge in [0.25, 0.3) is 0 Å². The Hall–Kier alpha value is 0.250. The van der Waals surface area contributed by atoms with Crippen molar-refractivity contribution in [2.24, 2.45) is 5.92 Å². The minimum absolute atomic E-state index is 0.430. The second kappa shape index (κ2) is 6.67. The maximum absolute atomic E-state index is 6.33. The van der Waals surface area contributed by atoms with Crippen LogP contribution in [0.4, 0.5) is 0 Å². The minimum Gasteiger partial charge on any atom is -0.385 e. The van der Waals surface area contributed by atoms with Gasteiger partial charge in [-0.1, -0.05) is 19.3 Å². The molecule has 1 aliphatic rings. The van der Waals surface area contributed by atoms with Gasteiger partial charge >= 0.3 is 0 Å². The van der Waals surface area contributed by atoms with E-state index in [9.17, 15) is 0 Å². The van der Waals surface area contributed by atoms with Gasteiger partial charge < -0.3 is 4.74 Å². The molecular weight excluding hydrogens is 184 g/mol. The van der Waals surface area contributed by atoms with E-state index in [1.165, 1.54) is 44.9 Å². The molecule has 1 saturated carbocycles. The summed E-state index contributed by atoms with van der Waals surface area (Å²) in [6.07, 6.45) is 9.06. The van der Waals surface area contributed by atoms with E-state index in [4.69, 9.17) is 16.3 Å². The lowest BCUT2D eigenvalue weighted by Crippen LogP contribution is -2.13. The SMILES string of the molecule is COCCCC1CCCCCC1Cl. The second-order valence-corrected chi connectivity index (χ2v) is 4.61. The summed E-state index contributed by atoms with van der Waals surface area (Å²) in [5.74, 6) is 0.749. The Labute approximate surface area is 86.8 Å². The van der Waals surface area contributed by atoms with Crippen LogP contribution >= 0.6 is 11.6 Å². The highest BCUT2D eigenvalue weighted by Crippen LogP contribution is 2.30. The van der Waals surface area contributed by atoms with Gasteiger partial charge in [0.05, 0.1) is 0 Å². The van der Waals surface area contributed by atoms with Gasteiger partial charge in [0.15, 0.2) is 0 Å². The number of ether oxygens (including phenoxy) is 1. The molecule has 0 aromatic rings. The molecule has 1 rings (SSSR count). The maximum Gasteiger partial charge on any atom is 0.0462 e. The molecule has 0 radical (unpaired) electrons. The lowest BCUT2D eigenvalue weighted by Gasteiger charge is -2.18. The molecule has 1 nitrogen and oxygen atoms in total. The van der Waals surface area contributed by atoms with Crippen molar-refractivity contribution in [1.82, 2.24) is 0 Å². The molecule has 0 aromatic carbocycles. The molecule has 2 unspecified atom stereocenters. The molecule has 0 saturated heterocycles. The Morgan fingerprint density at radius 3 is 2.77 bits per heavy atom. The van der Waals surface area contributed by atoms with Gasteiger partial charge in [-0.25, -0.2) is 0 Å². The van der Waals surface area contributed by atoms with Crippen molar-refractivity contribution in [3.63, 3.8) is 0 Å². The normalized spacial score (nSPS) is 30.0. The molecule has 78 valence electrons. The summed E-state index contributed by atoms with van der Waals surface area (Å²) < 4.78 is 5.06. The Kier molecular flexibility index (Phi) is 5.81. The van der Waals surface area contributed by atoms with Gasteiger partial charge in [-0.15, -0.1) is 11.6 Å². The van der Waals surface area contributed by atoms with Gasteiger partial charge in [0.2, 0.25) is 0 Å². The monoisotopic (exact) mass is 204 g/mol. The van der Waals surface area contributed by atoms with Crippen LogP contribution in [-0.2, 0) is 4.74 Å². The van der Waals surface area contributed by atoms with E-state index in [0.717, 1.165) is 12.5 Å². The van der Waals surface area contributed by atoms with Gasteiger partial charge in [-0.3, -0.25) is 0 Å². The summed E-state index contributed by atoms with van der Waals surface area (Å²) in [6, 6.07) is 0. The van der Waals surface area contributed by atoms with E-state index < -0.39 is 0 Å². The van der Waals surface area contributed by atoms with Crippen LogP contribution in [0.25, 0.3) is 0 Å². The molecule has 1 aliphatic carbocycles. The molecule has 0 bridgehead atoms. The van der Waals surface area contributed by atoms with Crippen LogP contribution in [0.5, 0.6) is 0 Å². The number of halogens is 1. The fourth-order valence-electron chi connectivity index (χ4n) is 2.15. The van der Waals surface area contributed by atoms with E-state index in [1.807, 2.05) is 0 Å². The van der Waals surface area contributed by atoms with Crippen molar-refractivity contribution >= 4 is 11.6 Å². The van der Waals surface area contributed by atoms with Crippen molar-refractivity contribution in [3.8, 4) is 0 Å².